The molecule has 2 aromatic carbocycles. The van der Waals surface area contributed by atoms with Crippen LogP contribution in [-0.4, -0.2) is 23.9 Å². The number of fused-ring (bicyclic) bond motifs is 2. The predicted molar refractivity (Wildman–Crippen MR) is 122 cm³/mol. The highest BCUT2D eigenvalue weighted by atomic mass is 16.5. The molecule has 162 valence electrons. The number of amides is 1. The number of carbonyl (C=O) groups excluding carboxylic acids is 1. The largest absolute Gasteiger partial charge is 0.365 e. The summed E-state index contributed by atoms with van der Waals surface area (Å²) in [5, 5.41) is 0. The van der Waals surface area contributed by atoms with Crippen LogP contribution in [0.1, 0.15) is 85.5 Å². The molecule has 4 aliphatic rings. The summed E-state index contributed by atoms with van der Waals surface area (Å²) in [6.45, 7) is 2.38. The van der Waals surface area contributed by atoms with Gasteiger partial charge in [-0.1, -0.05) is 48.5 Å². The quantitative estimate of drug-likeness (QED) is 0.626. The van der Waals surface area contributed by atoms with E-state index in [9.17, 15) is 4.79 Å². The second kappa shape index (κ2) is 7.78. The lowest BCUT2D eigenvalue weighted by Crippen LogP contribution is -2.47. The molecule has 1 saturated heterocycles. The fraction of sp³-hybridized carbons (Fsp3) is 0.536. The van der Waals surface area contributed by atoms with Crippen LogP contribution in [0.15, 0.2) is 48.5 Å². The van der Waals surface area contributed by atoms with E-state index in [1.807, 2.05) is 0 Å². The van der Waals surface area contributed by atoms with Crippen LogP contribution in [0.4, 0.5) is 0 Å². The molecule has 2 aliphatic heterocycles. The van der Waals surface area contributed by atoms with Crippen LogP contribution in [0, 0.1) is 5.92 Å². The van der Waals surface area contributed by atoms with Crippen molar-refractivity contribution in [3.05, 3.63) is 70.8 Å². The Morgan fingerprint density at radius 2 is 1.39 bits per heavy atom. The molecule has 3 heteroatoms. The first-order valence-corrected chi connectivity index (χ1v) is 12.3. The molecular weight excluding hydrogens is 382 g/mol. The number of nitrogens with zero attached hydrogens (tertiary/aromatic N) is 1. The second-order valence-corrected chi connectivity index (χ2v) is 10.3. The van der Waals surface area contributed by atoms with Crippen molar-refractivity contribution in [2.45, 2.75) is 75.4 Å². The number of hydrogen-bond donors (Lipinski definition) is 0. The van der Waals surface area contributed by atoms with E-state index in [2.05, 4.69) is 53.4 Å². The summed E-state index contributed by atoms with van der Waals surface area (Å²) in [5.74, 6) is 2.07. The molecule has 2 saturated carbocycles. The highest BCUT2D eigenvalue weighted by molar-refractivity contribution is 5.79. The Balaban J connectivity index is 1.04. The van der Waals surface area contributed by atoms with Crippen molar-refractivity contribution >= 4 is 5.91 Å². The predicted octanol–water partition coefficient (Wildman–Crippen LogP) is 5.89. The summed E-state index contributed by atoms with van der Waals surface area (Å²) < 4.78 is 6.28. The molecule has 6 rings (SSSR count). The van der Waals surface area contributed by atoms with E-state index in [4.69, 9.17) is 4.74 Å². The standard InChI is InChI=1S/C28H33NO2/c30-27(29-17-15-28(16-18-29)26-4-2-1-3-25(26)19-31-28)24-13-11-23(12-14-24)22-9-7-21(8-10-22)20-5-6-20/h1-4,7-10,20,23-24H,5-6,11-19H2. The average molecular weight is 416 g/mol. The first kappa shape index (κ1) is 19.5. The Morgan fingerprint density at radius 1 is 0.806 bits per heavy atom. The first-order chi connectivity index (χ1) is 15.2. The zero-order chi connectivity index (χ0) is 20.8. The van der Waals surface area contributed by atoms with Crippen LogP contribution >= 0.6 is 0 Å². The topological polar surface area (TPSA) is 29.5 Å². The van der Waals surface area contributed by atoms with E-state index >= 15 is 0 Å². The lowest BCUT2D eigenvalue weighted by atomic mass is 9.77. The van der Waals surface area contributed by atoms with Crippen LogP contribution in [-0.2, 0) is 21.7 Å². The Kier molecular flexibility index (Phi) is 4.90. The molecule has 0 bridgehead atoms. The second-order valence-electron chi connectivity index (χ2n) is 10.3. The zero-order valence-corrected chi connectivity index (χ0v) is 18.4. The monoisotopic (exact) mass is 415 g/mol. The van der Waals surface area contributed by atoms with E-state index in [0.717, 1.165) is 64.1 Å². The van der Waals surface area contributed by atoms with E-state index < -0.39 is 0 Å². The Bertz CT molecular complexity index is 945. The highest BCUT2D eigenvalue weighted by Gasteiger charge is 2.44. The van der Waals surface area contributed by atoms with Gasteiger partial charge < -0.3 is 9.64 Å². The van der Waals surface area contributed by atoms with E-state index in [0.29, 0.717) is 11.8 Å². The third kappa shape index (κ3) is 3.61. The van der Waals surface area contributed by atoms with Gasteiger partial charge in [0.1, 0.15) is 0 Å². The van der Waals surface area contributed by atoms with Crippen molar-refractivity contribution in [3.8, 4) is 0 Å². The molecule has 2 aliphatic carbocycles. The molecular formula is C28H33NO2. The fourth-order valence-electron chi connectivity index (χ4n) is 6.28. The lowest BCUT2D eigenvalue weighted by Gasteiger charge is -2.41. The van der Waals surface area contributed by atoms with Crippen molar-refractivity contribution in [1.82, 2.24) is 4.90 Å². The zero-order valence-electron chi connectivity index (χ0n) is 18.4. The van der Waals surface area contributed by atoms with Gasteiger partial charge >= 0.3 is 0 Å². The molecule has 3 fully saturated rings. The number of carbonyl (C=O) groups is 1. The molecule has 3 nitrogen and oxygen atoms in total. The Labute approximate surface area is 185 Å². The smallest absolute Gasteiger partial charge is 0.225 e. The molecule has 0 radical (unpaired) electrons. The Hall–Kier alpha value is -2.13. The summed E-state index contributed by atoms with van der Waals surface area (Å²) >= 11 is 0. The summed E-state index contributed by atoms with van der Waals surface area (Å²) in [7, 11) is 0. The highest BCUT2D eigenvalue weighted by Crippen LogP contribution is 2.45. The van der Waals surface area contributed by atoms with Crippen molar-refractivity contribution in [1.29, 1.82) is 0 Å². The summed E-state index contributed by atoms with van der Waals surface area (Å²) in [6, 6.07) is 18.0. The lowest BCUT2D eigenvalue weighted by molar-refractivity contribution is -0.143. The molecule has 31 heavy (non-hydrogen) atoms. The van der Waals surface area contributed by atoms with E-state index in [-0.39, 0.29) is 11.5 Å². The van der Waals surface area contributed by atoms with E-state index in [1.54, 1.807) is 0 Å². The molecule has 1 amide bonds. The maximum Gasteiger partial charge on any atom is 0.225 e. The Morgan fingerprint density at radius 3 is 2.00 bits per heavy atom. The van der Waals surface area contributed by atoms with Gasteiger partial charge in [0.25, 0.3) is 0 Å². The van der Waals surface area contributed by atoms with Gasteiger partial charge in [0.05, 0.1) is 12.2 Å². The summed E-state index contributed by atoms with van der Waals surface area (Å²) in [4.78, 5) is 15.4. The van der Waals surface area contributed by atoms with Gasteiger partial charge in [-0.05, 0) is 85.5 Å². The number of likely N-dealkylation sites (tertiary alicyclic amines) is 1. The van der Waals surface area contributed by atoms with Gasteiger partial charge in [0.15, 0.2) is 0 Å². The summed E-state index contributed by atoms with van der Waals surface area (Å²) in [5.41, 5.74) is 5.52. The minimum atomic E-state index is -0.155. The molecule has 1 spiro atoms. The molecule has 0 unspecified atom stereocenters. The van der Waals surface area contributed by atoms with Crippen LogP contribution in [0.3, 0.4) is 0 Å². The maximum absolute atomic E-state index is 13.3. The number of hydrogen-bond acceptors (Lipinski definition) is 2. The fourth-order valence-corrected chi connectivity index (χ4v) is 6.28. The first-order valence-electron chi connectivity index (χ1n) is 12.3. The number of piperidine rings is 1. The number of benzene rings is 2. The molecule has 2 heterocycles. The van der Waals surface area contributed by atoms with Crippen molar-refractivity contribution in [3.63, 3.8) is 0 Å². The molecule has 2 aromatic rings. The van der Waals surface area contributed by atoms with Crippen LogP contribution < -0.4 is 0 Å². The van der Waals surface area contributed by atoms with Gasteiger partial charge in [-0.15, -0.1) is 0 Å². The third-order valence-electron chi connectivity index (χ3n) is 8.43. The van der Waals surface area contributed by atoms with Crippen LogP contribution in [0.2, 0.25) is 0 Å². The minimum Gasteiger partial charge on any atom is -0.365 e. The number of ether oxygens (including phenoxy) is 1. The van der Waals surface area contributed by atoms with Crippen molar-refractivity contribution in [2.75, 3.05) is 13.1 Å². The molecule has 0 atom stereocenters. The summed E-state index contributed by atoms with van der Waals surface area (Å²) in [6.07, 6.45) is 8.95. The SMILES string of the molecule is O=C(C1CCC(c2ccc(C3CC3)cc2)CC1)N1CCC2(CC1)OCc1ccccc12. The van der Waals surface area contributed by atoms with Gasteiger partial charge in [0, 0.05) is 19.0 Å². The van der Waals surface area contributed by atoms with Crippen LogP contribution in [0.5, 0.6) is 0 Å². The van der Waals surface area contributed by atoms with Crippen molar-refractivity contribution in [2.24, 2.45) is 5.92 Å². The van der Waals surface area contributed by atoms with Crippen LogP contribution in [0.25, 0.3) is 0 Å². The van der Waals surface area contributed by atoms with Gasteiger partial charge in [-0.25, -0.2) is 0 Å². The number of rotatable bonds is 3. The van der Waals surface area contributed by atoms with Crippen molar-refractivity contribution < 1.29 is 9.53 Å². The normalized spacial score (nSPS) is 27.3. The van der Waals surface area contributed by atoms with Gasteiger partial charge in [0.2, 0.25) is 5.91 Å². The molecule has 0 N–H and O–H groups in total. The van der Waals surface area contributed by atoms with Gasteiger partial charge in [-0.2, -0.15) is 0 Å². The average Bonchev–Trinajstić information content (AvgIpc) is 3.63. The maximum atomic E-state index is 13.3. The minimum absolute atomic E-state index is 0.155. The molecule has 0 aromatic heterocycles. The van der Waals surface area contributed by atoms with E-state index in [1.165, 1.54) is 35.1 Å². The van der Waals surface area contributed by atoms with Gasteiger partial charge in [-0.3, -0.25) is 4.79 Å². The third-order valence-corrected chi connectivity index (χ3v) is 8.43.